The average Bonchev–Trinajstić information content (AvgIpc) is 1.73. The van der Waals surface area contributed by atoms with Crippen LogP contribution < -0.4 is 70.8 Å². The number of nitrogens with one attached hydrogen (secondary N) is 12. The van der Waals surface area contributed by atoms with Crippen LogP contribution in [0.5, 0.6) is 5.75 Å². The number of thioether (sulfide) groups is 1. The molecule has 4 aromatic carbocycles. The molecule has 43 heteroatoms. The number of aromatic nitrogens is 4. The number of likely N-dealkylation sites (N-methyl/N-ethyl adjacent to an activating group) is 3. The summed E-state index contributed by atoms with van der Waals surface area (Å²) in [5, 5.41) is 45.9. The zero-order valence-electron chi connectivity index (χ0n) is 79.5. The van der Waals surface area contributed by atoms with E-state index >= 15 is 47.9 Å². The number of nitrogens with two attached hydrogens (primary N) is 4. The third kappa shape index (κ3) is 29.7. The zero-order valence-corrected chi connectivity index (χ0v) is 80.3. The minimum atomic E-state index is -1.81. The number of carbonyl (C=O) groups excluding carboxylic acids is 17. The van der Waals surface area contributed by atoms with Gasteiger partial charge in [0.2, 0.25) is 94.5 Å². The van der Waals surface area contributed by atoms with Crippen LogP contribution in [0.2, 0.25) is 0 Å². The Bertz CT molecular complexity index is 5550. The number of aliphatic carboxylic acids is 1. The van der Waals surface area contributed by atoms with Crippen molar-refractivity contribution in [3.8, 4) is 5.75 Å². The number of benzene rings is 4. The van der Waals surface area contributed by atoms with Gasteiger partial charge < -0.3 is 120 Å². The van der Waals surface area contributed by atoms with Crippen molar-refractivity contribution in [2.24, 2.45) is 34.8 Å². The number of carboxylic acid groups (broad SMARTS) is 1. The molecule has 3 fully saturated rings. The van der Waals surface area contributed by atoms with Crippen molar-refractivity contribution in [2.45, 2.75) is 228 Å². The number of phenols is 1. The van der Waals surface area contributed by atoms with Crippen molar-refractivity contribution >= 4 is 140 Å². The number of Topliss-reactive ketones (excluding diaryl/α,β-unsaturated/α-hetero) is 1. The monoisotopic (exact) mass is 1950 g/mol. The van der Waals surface area contributed by atoms with Gasteiger partial charge in [-0.1, -0.05) is 118 Å². The molecule has 22 N–H and O–H groups in total. The number of hydrogen-bond donors (Lipinski definition) is 18. The van der Waals surface area contributed by atoms with Gasteiger partial charge in [-0.3, -0.25) is 86.3 Å². The number of unbranched alkanes of at least 4 members (excludes halogenated alkanes) is 2. The number of amides is 16. The highest BCUT2D eigenvalue weighted by Crippen LogP contribution is 2.33. The summed E-state index contributed by atoms with van der Waals surface area (Å²) in [5.74, 6) is -19.7. The van der Waals surface area contributed by atoms with Gasteiger partial charge in [-0.15, -0.1) is 11.8 Å². The van der Waals surface area contributed by atoms with Gasteiger partial charge in [-0.25, -0.2) is 4.98 Å². The summed E-state index contributed by atoms with van der Waals surface area (Å²) in [4.78, 5) is 285. The lowest BCUT2D eigenvalue weighted by Gasteiger charge is -2.36. The normalized spacial score (nSPS) is 24.3. The molecule has 0 radical (unpaired) electrons. The van der Waals surface area contributed by atoms with Crippen LogP contribution in [0.1, 0.15) is 145 Å². The molecule has 7 aromatic rings. The first-order chi connectivity index (χ1) is 67.0. The molecule has 0 aliphatic carbocycles. The summed E-state index contributed by atoms with van der Waals surface area (Å²) in [6.45, 7) is 3.54. The van der Waals surface area contributed by atoms with Crippen LogP contribution in [0, 0.1) is 11.8 Å². The molecule has 3 aromatic heterocycles. The number of fused-ring (bicyclic) bond motifs is 4. The van der Waals surface area contributed by atoms with Crippen molar-refractivity contribution in [3.63, 3.8) is 0 Å². The van der Waals surface area contributed by atoms with E-state index < -0.39 is 240 Å². The van der Waals surface area contributed by atoms with E-state index in [0.29, 0.717) is 70.6 Å². The quantitative estimate of drug-likeness (QED) is 0.0305. The van der Waals surface area contributed by atoms with Crippen LogP contribution in [0.25, 0.3) is 21.8 Å². The molecule has 0 bridgehead atoms. The molecule has 0 spiro atoms. The summed E-state index contributed by atoms with van der Waals surface area (Å²) in [5.41, 5.74) is 27.5. The van der Waals surface area contributed by atoms with E-state index in [9.17, 15) is 48.6 Å². The second-order valence-electron chi connectivity index (χ2n) is 36.0. The summed E-state index contributed by atoms with van der Waals surface area (Å²) < 4.78 is 0. The standard InChI is InChI=1S/C97H130N22O20S/c1-7-9-25-76-91(133)109-69(35-37-99)89(131)114-75(87(129)105-50-82(101)123)52-140-53-83(124)107-72(40-57-28-30-63(120)31-29-57)93(135)115(4)55(3)85(127)112-74(46-81(100)122)96(138)118-38-18-27-77(118)92(134)111-71(45-62-49-102-54-106-62)90(132)110-70(32-33-84(125)126)95(137)119-51-58(39-56-19-12-11-13-20-56)41-79(119)80(121)44-59(42-60-47-103-66-23-16-14-21-64(60)66)86(128)108-68(34-36-98)88(130)113-73(43-61-48-104-67-24-17-15-22-65(61)67)94(136)117(6)78(26-10-8-2)97(139)116(76)5/h11-17,19-24,28-31,47-49,54-55,58-59,68-79,103-104,120H,7-10,18,25-27,32-46,50-53,98-99H2,1-6H3,(H2,100,122)(H2,101,123)(H,102,106)(H,105,129)(H,107,124)(H,108,128)(H,109,133)(H,110,132)(H,111,134)(H,112,127)(H,113,130)(H,114,131)(H,125,126)/t55-,58+,59+,68-,69-,70-,71-,72-,73-,74-,75-,76-,77-,78-,79-/m0/s1. The lowest BCUT2D eigenvalue weighted by Crippen LogP contribution is -2.60. The minimum absolute atomic E-state index is 0.00434. The van der Waals surface area contributed by atoms with E-state index in [0.717, 1.165) is 27.1 Å². The van der Waals surface area contributed by atoms with Gasteiger partial charge in [-0.2, -0.15) is 0 Å². The number of H-pyrrole nitrogens is 3. The first-order valence-corrected chi connectivity index (χ1v) is 48.4. The Hall–Kier alpha value is -14.1. The predicted octanol–water partition coefficient (Wildman–Crippen LogP) is -0.0795. The van der Waals surface area contributed by atoms with Gasteiger partial charge in [0.1, 0.15) is 78.3 Å². The van der Waals surface area contributed by atoms with E-state index in [1.807, 2.05) is 68.4 Å². The average molecular weight is 1960 g/mol. The SMILES string of the molecule is CCCC[C@H]1C(=O)N(C)[C@@H](CCCC)C(=O)N[C@@H](CCN)C(=O)N[C@H](C(=O)NCC(N)=O)CSCC(=O)N[C@@H](Cc2ccc(O)cc2)C(=O)N(C)[C@@H](C)C(=O)N[C@@H](CC(N)=O)C(=O)N2CCC[C@H]2C(=O)N[C@@H](Cc2c[nH]cn2)C(=O)N[C@@H](CCC(=O)O)C(=O)N2C[C@H](Cc3ccccc3)C[C@H]2C(=O)C[C@@H](Cc2c[nH]c3ccccc23)C(=O)N[C@@H](CCN)C(=O)N[C@@H](Cc2c[nH]c3ccccc23)C(=O)N1C. The highest BCUT2D eigenvalue weighted by molar-refractivity contribution is 8.00. The van der Waals surface area contributed by atoms with Crippen molar-refractivity contribution in [2.75, 3.05) is 65.4 Å². The van der Waals surface area contributed by atoms with Crippen molar-refractivity contribution in [1.82, 2.24) is 92.3 Å². The third-order valence-electron chi connectivity index (χ3n) is 25.8. The number of phenolic OH excluding ortho intramolecular Hbond substituents is 1. The van der Waals surface area contributed by atoms with Crippen molar-refractivity contribution < 1.29 is 96.5 Å². The highest BCUT2D eigenvalue weighted by Gasteiger charge is 2.47. The molecule has 3 aliphatic heterocycles. The van der Waals surface area contributed by atoms with Gasteiger partial charge in [0.15, 0.2) is 5.78 Å². The van der Waals surface area contributed by atoms with E-state index in [4.69, 9.17) is 22.9 Å². The van der Waals surface area contributed by atoms with Gasteiger partial charge in [0.05, 0.1) is 36.8 Å². The molecule has 6 heterocycles. The number of nitrogens with zero attached hydrogens (tertiary/aromatic N) is 6. The zero-order chi connectivity index (χ0) is 102. The third-order valence-corrected chi connectivity index (χ3v) is 26.8. The number of imidazole rings is 1. The van der Waals surface area contributed by atoms with Crippen LogP contribution in [0.4, 0.5) is 0 Å². The summed E-state index contributed by atoms with van der Waals surface area (Å²) >= 11 is 0.771. The van der Waals surface area contributed by atoms with E-state index in [-0.39, 0.29) is 108 Å². The number of aromatic amines is 3. The number of carboxylic acids is 1. The maximum atomic E-state index is 16.0. The molecule has 15 atom stereocenters. The van der Waals surface area contributed by atoms with Crippen LogP contribution in [0.3, 0.4) is 0 Å². The molecule has 0 saturated carbocycles. The number of primary amides is 2. The maximum Gasteiger partial charge on any atom is 0.303 e. The lowest BCUT2D eigenvalue weighted by atomic mass is 9.88. The number of rotatable bonds is 28. The van der Waals surface area contributed by atoms with Gasteiger partial charge >= 0.3 is 5.97 Å². The first kappa shape index (κ1) is 108. The molecule has 0 unspecified atom stereocenters. The Kier molecular flexibility index (Phi) is 40.1. The molecule has 42 nitrogen and oxygen atoms in total. The molecule has 140 heavy (non-hydrogen) atoms. The fourth-order valence-electron chi connectivity index (χ4n) is 18.0. The number of ketones is 1. The molecule has 10 rings (SSSR count). The molecule has 3 aliphatic rings. The Morgan fingerprint density at radius 2 is 1.06 bits per heavy atom. The Morgan fingerprint density at radius 1 is 0.514 bits per heavy atom. The minimum Gasteiger partial charge on any atom is -0.508 e. The van der Waals surface area contributed by atoms with Crippen LogP contribution in [0.15, 0.2) is 128 Å². The van der Waals surface area contributed by atoms with Crippen molar-refractivity contribution in [1.29, 1.82) is 0 Å². The second kappa shape index (κ2) is 52.1. The van der Waals surface area contributed by atoms with Crippen molar-refractivity contribution in [3.05, 3.63) is 156 Å². The van der Waals surface area contributed by atoms with Crippen LogP contribution in [-0.4, -0.2) is 305 Å². The lowest BCUT2D eigenvalue weighted by molar-refractivity contribution is -0.149. The van der Waals surface area contributed by atoms with E-state index in [1.165, 1.54) is 79.6 Å². The van der Waals surface area contributed by atoms with Gasteiger partial charge in [-0.05, 0) is 137 Å². The molecule has 754 valence electrons. The Morgan fingerprint density at radius 3 is 1.68 bits per heavy atom. The molecular weight excluding hydrogens is 1830 g/mol. The Balaban J connectivity index is 1.04. The predicted molar refractivity (Wildman–Crippen MR) is 517 cm³/mol. The number of carbonyl (C=O) groups is 18. The summed E-state index contributed by atoms with van der Waals surface area (Å²) in [6.07, 6.45) is 3.98. The molecule has 16 amide bonds. The van der Waals surface area contributed by atoms with Crippen LogP contribution in [-0.2, 0) is 118 Å². The topological polar surface area (TPSA) is 637 Å². The molecular formula is C97H130N22O20S. The largest absolute Gasteiger partial charge is 0.508 e. The first-order valence-electron chi connectivity index (χ1n) is 47.3. The fraction of sp³-hybridized carbons (Fsp3) is 0.495. The fourth-order valence-corrected chi connectivity index (χ4v) is 18.8. The van der Waals surface area contributed by atoms with Gasteiger partial charge in [0, 0.05) is 118 Å². The number of aromatic hydroxyl groups is 1. The van der Waals surface area contributed by atoms with Gasteiger partial charge in [0.25, 0.3) is 0 Å². The highest BCUT2D eigenvalue weighted by atomic mass is 32.2. The second-order valence-corrected chi connectivity index (χ2v) is 37.0. The Labute approximate surface area is 814 Å². The van der Waals surface area contributed by atoms with Crippen LogP contribution >= 0.6 is 11.8 Å². The van der Waals surface area contributed by atoms with E-state index in [2.05, 4.69) is 67.8 Å². The molecule has 3 saturated heterocycles. The summed E-state index contributed by atoms with van der Waals surface area (Å²) in [6, 6.07) is 9.22. The smallest absolute Gasteiger partial charge is 0.303 e. The number of hydrogen-bond acceptors (Lipinski definition) is 23. The maximum absolute atomic E-state index is 16.0. The summed E-state index contributed by atoms with van der Waals surface area (Å²) in [7, 11) is 3.97. The number of para-hydroxylation sites is 2. The van der Waals surface area contributed by atoms with E-state index in [1.54, 1.807) is 36.7 Å².